The van der Waals surface area contributed by atoms with Gasteiger partial charge in [-0.25, -0.2) is 18.4 Å². The molecule has 208 valence electrons. The molecule has 0 radical (unpaired) electrons. The summed E-state index contributed by atoms with van der Waals surface area (Å²) in [4.78, 5) is 16.4. The molecule has 9 nitrogen and oxygen atoms in total. The zero-order chi connectivity index (χ0) is 28.4. The van der Waals surface area contributed by atoms with Gasteiger partial charge in [0.05, 0.1) is 11.0 Å². The Morgan fingerprint density at radius 3 is 2.33 bits per heavy atom. The fourth-order valence-electron chi connectivity index (χ4n) is 4.24. The Hall–Kier alpha value is -4.09. The summed E-state index contributed by atoms with van der Waals surface area (Å²) in [6.45, 7) is 1.51. The first-order chi connectivity index (χ1) is 19.3. The van der Waals surface area contributed by atoms with Crippen LogP contribution in [0.2, 0.25) is 0 Å². The van der Waals surface area contributed by atoms with Crippen molar-refractivity contribution in [3.05, 3.63) is 114 Å². The minimum Gasteiger partial charge on any atom is -0.387 e. The van der Waals surface area contributed by atoms with Crippen molar-refractivity contribution in [1.82, 2.24) is 15.6 Å². The van der Waals surface area contributed by atoms with Crippen LogP contribution < -0.4 is 21.1 Å². The molecule has 0 aliphatic rings. The number of anilines is 1. The smallest absolute Gasteiger partial charge is 0.319 e. The van der Waals surface area contributed by atoms with Gasteiger partial charge in [0, 0.05) is 42.3 Å². The maximum absolute atomic E-state index is 12.4. The van der Waals surface area contributed by atoms with Crippen LogP contribution >= 0.6 is 0 Å². The predicted molar refractivity (Wildman–Crippen MR) is 156 cm³/mol. The summed E-state index contributed by atoms with van der Waals surface area (Å²) in [6, 6.07) is 25.1. The van der Waals surface area contributed by atoms with Gasteiger partial charge in [-0.15, -0.1) is 0 Å². The van der Waals surface area contributed by atoms with E-state index in [9.17, 15) is 18.3 Å². The standard InChI is InChI=1S/C30H33N5O4S/c31-40(38,39)29-13-12-26(35-30(37)34-18-15-22-5-2-1-3-6-22)19-27(29)24-10-8-23(9-11-24)14-17-33-21-28(36)25-7-4-16-32-20-25/h1-13,16,19-20,28,33,36H,14-15,17-18,21H2,(H2,31,38,39)(H2,34,35,37). The molecule has 1 unspecified atom stereocenters. The number of pyridine rings is 1. The van der Waals surface area contributed by atoms with Crippen LogP contribution in [0.1, 0.15) is 22.8 Å². The lowest BCUT2D eigenvalue weighted by Gasteiger charge is -2.13. The molecule has 1 atom stereocenters. The van der Waals surface area contributed by atoms with Crippen LogP contribution in [0.3, 0.4) is 0 Å². The number of primary sulfonamides is 1. The quantitative estimate of drug-likeness (QED) is 0.168. The molecule has 2 amide bonds. The first-order valence-corrected chi connectivity index (χ1v) is 14.5. The number of nitrogens with one attached hydrogen (secondary N) is 3. The van der Waals surface area contributed by atoms with E-state index < -0.39 is 16.1 Å². The lowest BCUT2D eigenvalue weighted by molar-refractivity contribution is 0.174. The molecule has 0 fully saturated rings. The molecule has 0 aliphatic carbocycles. The molecule has 0 spiro atoms. The normalized spacial score (nSPS) is 12.1. The van der Waals surface area contributed by atoms with Crippen LogP contribution in [0.15, 0.2) is 102 Å². The van der Waals surface area contributed by atoms with Crippen molar-refractivity contribution >= 4 is 21.7 Å². The highest BCUT2D eigenvalue weighted by Crippen LogP contribution is 2.30. The summed E-state index contributed by atoms with van der Waals surface area (Å²) in [5.41, 5.74) is 4.40. The first kappa shape index (κ1) is 28.9. The Morgan fingerprint density at radius 2 is 1.62 bits per heavy atom. The third-order valence-corrected chi connectivity index (χ3v) is 7.32. The van der Waals surface area contributed by atoms with Gasteiger partial charge in [0.15, 0.2) is 0 Å². The van der Waals surface area contributed by atoms with Crippen LogP contribution in [0.4, 0.5) is 10.5 Å². The van der Waals surface area contributed by atoms with E-state index in [0.29, 0.717) is 49.3 Å². The van der Waals surface area contributed by atoms with E-state index in [-0.39, 0.29) is 10.9 Å². The fraction of sp³-hybridized carbons (Fsp3) is 0.200. The molecule has 0 saturated heterocycles. The number of nitrogens with two attached hydrogens (primary N) is 1. The molecule has 6 N–H and O–H groups in total. The second-order valence-corrected chi connectivity index (χ2v) is 10.9. The summed E-state index contributed by atoms with van der Waals surface area (Å²) in [5.74, 6) is 0. The summed E-state index contributed by atoms with van der Waals surface area (Å²) >= 11 is 0. The Labute approximate surface area is 234 Å². The molecule has 3 aromatic carbocycles. The SMILES string of the molecule is NS(=O)(=O)c1ccc(NC(=O)NCCc2ccccc2)cc1-c1ccc(CCNCC(O)c2cccnc2)cc1. The summed E-state index contributed by atoms with van der Waals surface area (Å²) in [6.07, 6.45) is 4.07. The van der Waals surface area contributed by atoms with Gasteiger partial charge in [-0.05, 0) is 60.3 Å². The van der Waals surface area contributed by atoms with Crippen LogP contribution in [-0.2, 0) is 22.9 Å². The maximum atomic E-state index is 12.4. The number of hydrogen-bond donors (Lipinski definition) is 5. The predicted octanol–water partition coefficient (Wildman–Crippen LogP) is 3.63. The Balaban J connectivity index is 1.36. The summed E-state index contributed by atoms with van der Waals surface area (Å²) in [7, 11) is -4.00. The van der Waals surface area contributed by atoms with Crippen molar-refractivity contribution in [3.63, 3.8) is 0 Å². The molecule has 1 heterocycles. The van der Waals surface area contributed by atoms with E-state index in [0.717, 1.165) is 16.7 Å². The van der Waals surface area contributed by atoms with Crippen LogP contribution in [0.5, 0.6) is 0 Å². The number of benzene rings is 3. The van der Waals surface area contributed by atoms with E-state index in [1.54, 1.807) is 24.5 Å². The number of aromatic nitrogens is 1. The number of hydrogen-bond acceptors (Lipinski definition) is 6. The Morgan fingerprint density at radius 1 is 0.900 bits per heavy atom. The van der Waals surface area contributed by atoms with Gasteiger partial charge in [0.1, 0.15) is 0 Å². The lowest BCUT2D eigenvalue weighted by atomic mass is 10.0. The van der Waals surface area contributed by atoms with Gasteiger partial charge in [0.2, 0.25) is 10.0 Å². The molecule has 4 rings (SSSR count). The van der Waals surface area contributed by atoms with Crippen LogP contribution in [0.25, 0.3) is 11.1 Å². The molecule has 0 bridgehead atoms. The van der Waals surface area contributed by atoms with E-state index in [1.807, 2.05) is 60.7 Å². The topological polar surface area (TPSA) is 146 Å². The monoisotopic (exact) mass is 559 g/mol. The van der Waals surface area contributed by atoms with Gasteiger partial charge in [-0.2, -0.15) is 0 Å². The molecule has 4 aromatic rings. The molecular formula is C30H33N5O4S. The Kier molecular flexibility index (Phi) is 9.98. The fourth-order valence-corrected chi connectivity index (χ4v) is 4.98. The number of carbonyl (C=O) groups is 1. The number of sulfonamides is 1. The highest BCUT2D eigenvalue weighted by atomic mass is 32.2. The number of nitrogens with zero attached hydrogens (tertiary/aromatic N) is 1. The second kappa shape index (κ2) is 13.8. The highest BCUT2D eigenvalue weighted by molar-refractivity contribution is 7.89. The summed E-state index contributed by atoms with van der Waals surface area (Å²) < 4.78 is 24.6. The number of carbonyl (C=O) groups excluding carboxylic acids is 1. The molecular weight excluding hydrogens is 526 g/mol. The number of urea groups is 1. The number of amides is 2. The second-order valence-electron chi connectivity index (χ2n) is 9.33. The first-order valence-electron chi connectivity index (χ1n) is 12.9. The minimum absolute atomic E-state index is 0.0265. The van der Waals surface area contributed by atoms with Crippen molar-refractivity contribution in [1.29, 1.82) is 0 Å². The lowest BCUT2D eigenvalue weighted by Crippen LogP contribution is -2.30. The molecule has 10 heteroatoms. The summed E-state index contributed by atoms with van der Waals surface area (Å²) in [5, 5.41) is 24.5. The third kappa shape index (κ3) is 8.45. The van der Waals surface area contributed by atoms with Crippen molar-refractivity contribution in [2.75, 3.05) is 25.0 Å². The largest absolute Gasteiger partial charge is 0.387 e. The van der Waals surface area contributed by atoms with E-state index in [1.165, 1.54) is 12.1 Å². The van der Waals surface area contributed by atoms with Gasteiger partial charge in [0.25, 0.3) is 0 Å². The average Bonchev–Trinajstić information content (AvgIpc) is 2.96. The molecule has 1 aromatic heterocycles. The van der Waals surface area contributed by atoms with Gasteiger partial charge >= 0.3 is 6.03 Å². The highest BCUT2D eigenvalue weighted by Gasteiger charge is 2.17. The minimum atomic E-state index is -4.00. The number of aliphatic hydroxyl groups is 1. The third-order valence-electron chi connectivity index (χ3n) is 6.35. The van der Waals surface area contributed by atoms with Crippen LogP contribution in [0, 0.1) is 0 Å². The zero-order valence-electron chi connectivity index (χ0n) is 22.0. The Bertz CT molecular complexity index is 1500. The van der Waals surface area contributed by atoms with Crippen molar-refractivity contribution < 1.29 is 18.3 Å². The van der Waals surface area contributed by atoms with E-state index in [4.69, 9.17) is 5.14 Å². The van der Waals surface area contributed by atoms with Gasteiger partial charge in [-0.3, -0.25) is 4.98 Å². The zero-order valence-corrected chi connectivity index (χ0v) is 22.8. The van der Waals surface area contributed by atoms with Crippen molar-refractivity contribution in [3.8, 4) is 11.1 Å². The number of aliphatic hydroxyl groups excluding tert-OH is 1. The van der Waals surface area contributed by atoms with Crippen molar-refractivity contribution in [2.24, 2.45) is 5.14 Å². The number of rotatable bonds is 12. The molecule has 0 saturated carbocycles. The van der Waals surface area contributed by atoms with E-state index in [2.05, 4.69) is 20.9 Å². The van der Waals surface area contributed by atoms with Gasteiger partial charge < -0.3 is 21.1 Å². The molecule has 40 heavy (non-hydrogen) atoms. The molecule has 0 aliphatic heterocycles. The average molecular weight is 560 g/mol. The van der Waals surface area contributed by atoms with Gasteiger partial charge in [-0.1, -0.05) is 60.7 Å². The van der Waals surface area contributed by atoms with E-state index >= 15 is 0 Å². The van der Waals surface area contributed by atoms with Crippen molar-refractivity contribution in [2.45, 2.75) is 23.8 Å². The van der Waals surface area contributed by atoms with Crippen LogP contribution in [-0.4, -0.2) is 44.2 Å². The maximum Gasteiger partial charge on any atom is 0.319 e.